The van der Waals surface area contributed by atoms with Crippen molar-refractivity contribution in [3.63, 3.8) is 0 Å². The van der Waals surface area contributed by atoms with Crippen LogP contribution in [0.4, 0.5) is 36.4 Å². The van der Waals surface area contributed by atoms with E-state index in [0.29, 0.717) is 30.5 Å². The second-order valence-electron chi connectivity index (χ2n) is 10.2. The number of pyridine rings is 1. The summed E-state index contributed by atoms with van der Waals surface area (Å²) < 4.78 is 92.1. The van der Waals surface area contributed by atoms with E-state index in [2.05, 4.69) is 25.6 Å². The molecule has 2 unspecified atom stereocenters. The Morgan fingerprint density at radius 3 is 2.41 bits per heavy atom. The van der Waals surface area contributed by atoms with Crippen LogP contribution in [0.15, 0.2) is 42.7 Å². The third-order valence-corrected chi connectivity index (χ3v) is 9.72. The van der Waals surface area contributed by atoms with Gasteiger partial charge in [0.05, 0.1) is 12.5 Å². The van der Waals surface area contributed by atoms with E-state index >= 15 is 0 Å². The summed E-state index contributed by atoms with van der Waals surface area (Å²) in [5.41, 5.74) is 1.87. The van der Waals surface area contributed by atoms with Gasteiger partial charge in [0.15, 0.2) is 0 Å². The smallest absolute Gasteiger partial charge is 0.365 e. The van der Waals surface area contributed by atoms with Crippen molar-refractivity contribution in [2.75, 3.05) is 47.6 Å². The number of rotatable bonds is 8. The molecule has 5 rings (SSSR count). The first-order valence-electron chi connectivity index (χ1n) is 12.5. The summed E-state index contributed by atoms with van der Waals surface area (Å²) in [6.07, 6.45) is 0.337. The number of alkyl halides is 3. The highest BCUT2D eigenvalue weighted by atomic mass is 32.2. The van der Waals surface area contributed by atoms with Gasteiger partial charge in [-0.3, -0.25) is 4.31 Å². The average molecular weight is 612 g/mol. The van der Waals surface area contributed by atoms with E-state index in [1.54, 1.807) is 18.2 Å². The van der Waals surface area contributed by atoms with Crippen LogP contribution < -0.4 is 14.9 Å². The zero-order chi connectivity index (χ0) is 29.7. The number of nitrogens with one attached hydrogen (secondary N) is 2. The molecule has 16 heteroatoms. The topological polar surface area (TPSA) is 137 Å². The van der Waals surface area contributed by atoms with Crippen molar-refractivity contribution in [2.45, 2.75) is 31.0 Å². The van der Waals surface area contributed by atoms with Crippen LogP contribution in [-0.2, 0) is 32.8 Å². The Morgan fingerprint density at radius 2 is 1.76 bits per heavy atom. The molecule has 0 saturated carbocycles. The van der Waals surface area contributed by atoms with E-state index in [1.165, 1.54) is 23.8 Å². The Morgan fingerprint density at radius 1 is 1.05 bits per heavy atom. The second-order valence-corrected chi connectivity index (χ2v) is 14.2. The van der Waals surface area contributed by atoms with Gasteiger partial charge < -0.3 is 10.6 Å². The van der Waals surface area contributed by atoms with Crippen molar-refractivity contribution in [2.24, 2.45) is 0 Å². The summed E-state index contributed by atoms with van der Waals surface area (Å²) in [5.74, 6) is -0.401. The van der Waals surface area contributed by atoms with Crippen LogP contribution in [-0.4, -0.2) is 68.7 Å². The molecule has 1 aliphatic heterocycles. The highest BCUT2D eigenvalue weighted by molar-refractivity contribution is 7.92. The summed E-state index contributed by atoms with van der Waals surface area (Å²) in [6.45, 7) is 0.605. The molecule has 2 N–H and O–H groups in total. The van der Waals surface area contributed by atoms with Crippen molar-refractivity contribution in [3.8, 4) is 0 Å². The molecule has 1 fully saturated rings. The third kappa shape index (κ3) is 6.08. The number of fused-ring (bicyclic) bond motifs is 5. The lowest BCUT2D eigenvalue weighted by Crippen LogP contribution is -2.38. The number of anilines is 4. The number of hydrogen-bond acceptors (Lipinski definition) is 9. The average Bonchev–Trinajstić information content (AvgIpc) is 3.14. The van der Waals surface area contributed by atoms with Gasteiger partial charge in [-0.1, -0.05) is 12.1 Å². The van der Waals surface area contributed by atoms with Crippen molar-refractivity contribution in [1.82, 2.24) is 19.3 Å². The van der Waals surface area contributed by atoms with Crippen LogP contribution in [0.5, 0.6) is 0 Å². The van der Waals surface area contributed by atoms with Crippen LogP contribution in [0.1, 0.15) is 40.5 Å². The van der Waals surface area contributed by atoms with Gasteiger partial charge in [0, 0.05) is 50.3 Å². The van der Waals surface area contributed by atoms with E-state index < -0.39 is 37.6 Å². The minimum atomic E-state index is -4.75. The van der Waals surface area contributed by atoms with E-state index in [1.807, 2.05) is 12.1 Å². The first-order chi connectivity index (χ1) is 19.1. The fraction of sp³-hybridized carbons (Fsp3) is 0.400. The fourth-order valence-corrected chi connectivity index (χ4v) is 6.64. The lowest BCUT2D eigenvalue weighted by atomic mass is 9.98. The third-order valence-electron chi connectivity index (χ3n) is 7.31. The predicted molar refractivity (Wildman–Crippen MR) is 148 cm³/mol. The molecule has 1 aliphatic carbocycles. The van der Waals surface area contributed by atoms with Gasteiger partial charge >= 0.3 is 6.18 Å². The number of nitrogens with zero attached hydrogens (tertiary/aromatic N) is 5. The maximum Gasteiger partial charge on any atom is 0.421 e. The van der Waals surface area contributed by atoms with Gasteiger partial charge in [-0.05, 0) is 47.6 Å². The number of piperidine rings is 1. The number of halogens is 3. The normalized spacial score (nSPS) is 19.1. The molecule has 0 amide bonds. The molecule has 2 atom stereocenters. The Kier molecular flexibility index (Phi) is 7.36. The lowest BCUT2D eigenvalue weighted by molar-refractivity contribution is -0.137. The van der Waals surface area contributed by atoms with Gasteiger partial charge in [-0.15, -0.1) is 0 Å². The minimum Gasteiger partial charge on any atom is -0.365 e. The zero-order valence-electron chi connectivity index (χ0n) is 22.3. The zero-order valence-corrected chi connectivity index (χ0v) is 24.0. The quantitative estimate of drug-likeness (QED) is 0.392. The number of hydrogen-bond donors (Lipinski definition) is 2. The summed E-state index contributed by atoms with van der Waals surface area (Å²) in [6, 6.07) is 8.63. The Labute approximate surface area is 235 Å². The Hall–Kier alpha value is -3.50. The highest BCUT2D eigenvalue weighted by Crippen LogP contribution is 2.47. The van der Waals surface area contributed by atoms with Crippen LogP contribution in [0.3, 0.4) is 0 Å². The van der Waals surface area contributed by atoms with Crippen molar-refractivity contribution < 1.29 is 30.0 Å². The van der Waals surface area contributed by atoms with E-state index in [9.17, 15) is 30.0 Å². The van der Waals surface area contributed by atoms with Crippen LogP contribution in [0, 0.1) is 0 Å². The molecule has 1 saturated heterocycles. The van der Waals surface area contributed by atoms with Gasteiger partial charge in [0.2, 0.25) is 26.0 Å². The largest absolute Gasteiger partial charge is 0.421 e. The van der Waals surface area contributed by atoms with Gasteiger partial charge in [-0.25, -0.2) is 31.1 Å². The maximum absolute atomic E-state index is 13.8. The Bertz CT molecular complexity index is 1700. The molecule has 2 bridgehead atoms. The van der Waals surface area contributed by atoms with Crippen LogP contribution in [0.2, 0.25) is 0 Å². The summed E-state index contributed by atoms with van der Waals surface area (Å²) in [7, 11) is -5.68. The summed E-state index contributed by atoms with van der Waals surface area (Å²) in [4.78, 5) is 12.0. The summed E-state index contributed by atoms with van der Waals surface area (Å²) in [5, 5.41) is 5.63. The fourth-order valence-electron chi connectivity index (χ4n) is 5.26. The predicted octanol–water partition coefficient (Wildman–Crippen LogP) is 3.49. The molecule has 2 aromatic heterocycles. The second kappa shape index (κ2) is 10.4. The Balaban J connectivity index is 1.40. The summed E-state index contributed by atoms with van der Waals surface area (Å²) >= 11 is 0. The first-order valence-corrected chi connectivity index (χ1v) is 16.2. The van der Waals surface area contributed by atoms with E-state index in [-0.39, 0.29) is 30.1 Å². The standard InChI is InChI=1S/C25H28F3N7O4S2/c1-34(40(2,36)37)23-15(5-4-8-29-23)11-30-22-21(25(26,27)28)12-31-24(33-22)32-18-6-7-19-16-9-17(20(19)10-18)14-35(13-16)41(3,38)39/h4-8,10,12,16-17H,9,11,13-14H2,1-3H3,(H2,30,31,32,33). The maximum atomic E-state index is 13.8. The highest BCUT2D eigenvalue weighted by Gasteiger charge is 2.40. The monoisotopic (exact) mass is 611 g/mol. The molecule has 41 heavy (non-hydrogen) atoms. The number of aromatic nitrogens is 3. The van der Waals surface area contributed by atoms with Gasteiger partial charge in [0.1, 0.15) is 17.2 Å². The molecule has 2 aliphatic rings. The molecule has 220 valence electrons. The molecular formula is C25H28F3N7O4S2. The molecule has 1 aromatic carbocycles. The van der Waals surface area contributed by atoms with Crippen LogP contribution >= 0.6 is 0 Å². The van der Waals surface area contributed by atoms with Crippen molar-refractivity contribution in [3.05, 3.63) is 65.0 Å². The first kappa shape index (κ1) is 29.0. The van der Waals surface area contributed by atoms with Gasteiger partial charge in [0.25, 0.3) is 0 Å². The molecule has 0 spiro atoms. The molecule has 3 aromatic rings. The molecule has 11 nitrogen and oxygen atoms in total. The minimum absolute atomic E-state index is 0.0183. The van der Waals surface area contributed by atoms with Crippen molar-refractivity contribution >= 4 is 43.3 Å². The SMILES string of the molecule is CN(c1ncccc1CNc1nc(Nc2ccc3c(c2)C2CC3CN(S(C)(=O)=O)C2)ncc1C(F)(F)F)S(C)(=O)=O. The molecule has 3 heterocycles. The van der Waals surface area contributed by atoms with E-state index in [4.69, 9.17) is 0 Å². The number of sulfonamides is 2. The van der Waals surface area contributed by atoms with Crippen LogP contribution in [0.25, 0.3) is 0 Å². The molecular weight excluding hydrogens is 583 g/mol. The van der Waals surface area contributed by atoms with Crippen molar-refractivity contribution in [1.29, 1.82) is 0 Å². The number of benzene rings is 1. The van der Waals surface area contributed by atoms with E-state index in [0.717, 1.165) is 28.1 Å². The lowest BCUT2D eigenvalue weighted by Gasteiger charge is -2.30. The molecule has 0 radical (unpaired) electrons. The van der Waals surface area contributed by atoms with Gasteiger partial charge in [-0.2, -0.15) is 18.2 Å².